The van der Waals surface area contributed by atoms with Crippen LogP contribution in [-0.2, 0) is 11.2 Å². The Morgan fingerprint density at radius 2 is 1.80 bits per heavy atom. The van der Waals surface area contributed by atoms with Gasteiger partial charge in [0, 0.05) is 30.4 Å². The van der Waals surface area contributed by atoms with Gasteiger partial charge in [-0.2, -0.15) is 0 Å². The maximum absolute atomic E-state index is 12.5. The smallest absolute Gasteiger partial charge is 0.255 e. The fourth-order valence-electron chi connectivity index (χ4n) is 2.96. The van der Waals surface area contributed by atoms with E-state index in [2.05, 4.69) is 5.32 Å². The Kier molecular flexibility index (Phi) is 4.61. The first-order valence-corrected chi connectivity index (χ1v) is 7.98. The fraction of sp³-hybridized carbons (Fsp3) is 0.263. The highest BCUT2D eigenvalue weighted by Crippen LogP contribution is 2.32. The average molecular weight is 340 g/mol. The van der Waals surface area contributed by atoms with Crippen molar-refractivity contribution >= 4 is 23.2 Å². The van der Waals surface area contributed by atoms with E-state index >= 15 is 0 Å². The molecule has 25 heavy (non-hydrogen) atoms. The molecular formula is C19H20N2O4. The first-order valence-electron chi connectivity index (χ1n) is 7.98. The molecule has 0 unspecified atom stereocenters. The number of ether oxygens (including phenoxy) is 2. The SMILES string of the molecule is COc1ccc(C(=O)Nc2ccc3c(c2)N(C(C)=O)CC3)cc1OC. The Hall–Kier alpha value is -3.02. The summed E-state index contributed by atoms with van der Waals surface area (Å²) in [5.41, 5.74) is 3.07. The van der Waals surface area contributed by atoms with E-state index < -0.39 is 0 Å². The normalized spacial score (nSPS) is 12.5. The van der Waals surface area contributed by atoms with Crippen molar-refractivity contribution in [2.45, 2.75) is 13.3 Å². The number of fused-ring (bicyclic) bond motifs is 1. The molecule has 0 spiro atoms. The standard InChI is InChI=1S/C19H20N2O4/c1-12(22)21-9-8-13-4-6-15(11-16(13)21)20-19(23)14-5-7-17(24-2)18(10-14)25-3/h4-7,10-11H,8-9H2,1-3H3,(H,20,23). The topological polar surface area (TPSA) is 67.9 Å². The highest BCUT2D eigenvalue weighted by Gasteiger charge is 2.22. The van der Waals surface area contributed by atoms with Crippen LogP contribution in [0.1, 0.15) is 22.8 Å². The molecule has 6 nitrogen and oxygen atoms in total. The van der Waals surface area contributed by atoms with Gasteiger partial charge in [0.2, 0.25) is 5.91 Å². The zero-order valence-electron chi connectivity index (χ0n) is 14.5. The number of carbonyl (C=O) groups is 2. The van der Waals surface area contributed by atoms with Crippen molar-refractivity contribution in [1.29, 1.82) is 0 Å². The van der Waals surface area contributed by atoms with Gasteiger partial charge in [-0.1, -0.05) is 6.07 Å². The molecule has 0 aromatic heterocycles. The highest BCUT2D eigenvalue weighted by atomic mass is 16.5. The highest BCUT2D eigenvalue weighted by molar-refractivity contribution is 6.05. The van der Waals surface area contributed by atoms with Crippen LogP contribution < -0.4 is 19.7 Å². The van der Waals surface area contributed by atoms with Crippen LogP contribution in [0, 0.1) is 0 Å². The monoisotopic (exact) mass is 340 g/mol. The van der Waals surface area contributed by atoms with E-state index in [-0.39, 0.29) is 11.8 Å². The summed E-state index contributed by atoms with van der Waals surface area (Å²) in [4.78, 5) is 25.9. The van der Waals surface area contributed by atoms with Crippen LogP contribution >= 0.6 is 0 Å². The summed E-state index contributed by atoms with van der Waals surface area (Å²) in [5, 5.41) is 2.86. The molecule has 1 N–H and O–H groups in total. The van der Waals surface area contributed by atoms with Crippen molar-refractivity contribution in [2.24, 2.45) is 0 Å². The number of nitrogens with one attached hydrogen (secondary N) is 1. The minimum atomic E-state index is -0.256. The van der Waals surface area contributed by atoms with Gasteiger partial charge in [-0.25, -0.2) is 0 Å². The van der Waals surface area contributed by atoms with E-state index in [1.54, 1.807) is 37.1 Å². The molecule has 2 aromatic rings. The Bertz CT molecular complexity index is 832. The van der Waals surface area contributed by atoms with Crippen LogP contribution in [0.5, 0.6) is 11.5 Å². The summed E-state index contributed by atoms with van der Waals surface area (Å²) in [7, 11) is 3.07. The number of rotatable bonds is 4. The zero-order valence-corrected chi connectivity index (χ0v) is 14.5. The van der Waals surface area contributed by atoms with Gasteiger partial charge in [0.25, 0.3) is 5.91 Å². The molecule has 0 atom stereocenters. The lowest BCUT2D eigenvalue weighted by molar-refractivity contribution is -0.116. The molecule has 0 saturated heterocycles. The molecule has 0 bridgehead atoms. The maximum atomic E-state index is 12.5. The largest absolute Gasteiger partial charge is 0.493 e. The van der Waals surface area contributed by atoms with E-state index in [0.717, 1.165) is 17.7 Å². The first-order chi connectivity index (χ1) is 12.0. The molecule has 6 heteroatoms. The maximum Gasteiger partial charge on any atom is 0.255 e. The molecule has 1 heterocycles. The third-order valence-corrected chi connectivity index (χ3v) is 4.26. The third-order valence-electron chi connectivity index (χ3n) is 4.26. The molecular weight excluding hydrogens is 320 g/mol. The van der Waals surface area contributed by atoms with Crippen molar-refractivity contribution in [3.63, 3.8) is 0 Å². The molecule has 0 saturated carbocycles. The van der Waals surface area contributed by atoms with Gasteiger partial charge < -0.3 is 19.7 Å². The summed E-state index contributed by atoms with van der Waals surface area (Å²) in [6.45, 7) is 2.22. The molecule has 0 radical (unpaired) electrons. The lowest BCUT2D eigenvalue weighted by atomic mass is 10.1. The predicted octanol–water partition coefficient (Wildman–Crippen LogP) is 2.87. The molecule has 130 valence electrons. The summed E-state index contributed by atoms with van der Waals surface area (Å²) >= 11 is 0. The quantitative estimate of drug-likeness (QED) is 0.929. The fourth-order valence-corrected chi connectivity index (χ4v) is 2.96. The lowest BCUT2D eigenvalue weighted by Gasteiger charge is -2.16. The third kappa shape index (κ3) is 3.28. The minimum absolute atomic E-state index is 0.00196. The van der Waals surface area contributed by atoms with Crippen molar-refractivity contribution in [3.05, 3.63) is 47.5 Å². The average Bonchev–Trinajstić information content (AvgIpc) is 3.04. The Labute approximate surface area is 146 Å². The van der Waals surface area contributed by atoms with Crippen LogP contribution in [0.25, 0.3) is 0 Å². The Morgan fingerprint density at radius 3 is 2.48 bits per heavy atom. The second-order valence-electron chi connectivity index (χ2n) is 5.79. The minimum Gasteiger partial charge on any atom is -0.493 e. The van der Waals surface area contributed by atoms with Crippen LogP contribution in [0.4, 0.5) is 11.4 Å². The molecule has 1 aliphatic rings. The number of methoxy groups -OCH3 is 2. The number of anilines is 2. The summed E-state index contributed by atoms with van der Waals surface area (Å²) < 4.78 is 10.4. The lowest BCUT2D eigenvalue weighted by Crippen LogP contribution is -2.25. The van der Waals surface area contributed by atoms with E-state index in [1.807, 2.05) is 18.2 Å². The van der Waals surface area contributed by atoms with Gasteiger partial charge in [0.05, 0.1) is 14.2 Å². The van der Waals surface area contributed by atoms with Gasteiger partial charge in [-0.05, 0) is 42.3 Å². The second kappa shape index (κ2) is 6.84. The second-order valence-corrected chi connectivity index (χ2v) is 5.79. The van der Waals surface area contributed by atoms with Gasteiger partial charge >= 0.3 is 0 Å². The number of carbonyl (C=O) groups excluding carboxylic acids is 2. The van der Waals surface area contributed by atoms with Gasteiger partial charge in [0.1, 0.15) is 0 Å². The molecule has 0 aliphatic carbocycles. The Balaban J connectivity index is 1.82. The van der Waals surface area contributed by atoms with Crippen molar-refractivity contribution in [2.75, 3.05) is 31.0 Å². The summed E-state index contributed by atoms with van der Waals surface area (Å²) in [6, 6.07) is 10.6. The number of hydrogen-bond donors (Lipinski definition) is 1. The first kappa shape index (κ1) is 16.8. The Morgan fingerprint density at radius 1 is 1.04 bits per heavy atom. The van der Waals surface area contributed by atoms with Crippen molar-refractivity contribution in [1.82, 2.24) is 0 Å². The number of benzene rings is 2. The van der Waals surface area contributed by atoms with Crippen LogP contribution in [0.15, 0.2) is 36.4 Å². The van der Waals surface area contributed by atoms with Crippen LogP contribution in [-0.4, -0.2) is 32.6 Å². The molecule has 3 rings (SSSR count). The van der Waals surface area contributed by atoms with E-state index in [9.17, 15) is 9.59 Å². The zero-order chi connectivity index (χ0) is 18.0. The molecule has 0 fully saturated rings. The molecule has 2 aromatic carbocycles. The summed E-state index contributed by atoms with van der Waals surface area (Å²) in [5.74, 6) is 0.802. The predicted molar refractivity (Wildman–Crippen MR) is 95.7 cm³/mol. The summed E-state index contributed by atoms with van der Waals surface area (Å²) in [6.07, 6.45) is 0.832. The van der Waals surface area contributed by atoms with E-state index in [4.69, 9.17) is 9.47 Å². The van der Waals surface area contributed by atoms with Gasteiger partial charge in [-0.15, -0.1) is 0 Å². The van der Waals surface area contributed by atoms with Gasteiger partial charge in [0.15, 0.2) is 11.5 Å². The van der Waals surface area contributed by atoms with Crippen molar-refractivity contribution in [3.8, 4) is 11.5 Å². The number of amides is 2. The molecule has 1 aliphatic heterocycles. The molecule has 2 amide bonds. The number of nitrogens with zero attached hydrogens (tertiary/aromatic N) is 1. The number of hydrogen-bond acceptors (Lipinski definition) is 4. The van der Waals surface area contributed by atoms with E-state index in [0.29, 0.717) is 29.3 Å². The van der Waals surface area contributed by atoms with Gasteiger partial charge in [-0.3, -0.25) is 9.59 Å². The van der Waals surface area contributed by atoms with E-state index in [1.165, 1.54) is 7.11 Å². The van der Waals surface area contributed by atoms with Crippen LogP contribution in [0.3, 0.4) is 0 Å². The van der Waals surface area contributed by atoms with Crippen molar-refractivity contribution < 1.29 is 19.1 Å². The van der Waals surface area contributed by atoms with Crippen LogP contribution in [0.2, 0.25) is 0 Å².